The zero-order chi connectivity index (χ0) is 15.7. The van der Waals surface area contributed by atoms with Gasteiger partial charge in [0.25, 0.3) is 0 Å². The maximum Gasteiger partial charge on any atom is 0.239 e. The first-order chi connectivity index (χ1) is 9.67. The Morgan fingerprint density at radius 3 is 2.67 bits per heavy atom. The number of hydrogen-bond donors (Lipinski definition) is 2. The fourth-order valence-corrected chi connectivity index (χ4v) is 3.10. The van der Waals surface area contributed by atoms with Crippen LogP contribution in [-0.2, 0) is 10.0 Å². The van der Waals surface area contributed by atoms with Crippen LogP contribution in [-0.4, -0.2) is 30.7 Å². The van der Waals surface area contributed by atoms with Gasteiger partial charge >= 0.3 is 0 Å². The summed E-state index contributed by atoms with van der Waals surface area (Å²) in [4.78, 5) is 3.75. The molecule has 0 aliphatic heterocycles. The molecule has 1 aliphatic carbocycles. The largest absolute Gasteiger partial charge is 0.476 e. The van der Waals surface area contributed by atoms with Crippen molar-refractivity contribution in [2.45, 2.75) is 43.1 Å². The third kappa shape index (κ3) is 4.54. The molecule has 6 nitrogen and oxygen atoms in total. The number of hydrogen-bond acceptors (Lipinski definition) is 5. The van der Waals surface area contributed by atoms with Crippen LogP contribution in [0.15, 0.2) is 17.2 Å². The first-order valence-corrected chi connectivity index (χ1v) is 8.63. The van der Waals surface area contributed by atoms with E-state index >= 15 is 0 Å². The second-order valence-corrected chi connectivity index (χ2v) is 7.72. The molecular formula is C13H19ClN2O4S. The van der Waals surface area contributed by atoms with Crippen LogP contribution in [0.5, 0.6) is 5.88 Å². The first kappa shape index (κ1) is 16.5. The third-order valence-corrected chi connectivity index (χ3v) is 4.90. The maximum atomic E-state index is 11.2. The van der Waals surface area contributed by atoms with E-state index in [1.165, 1.54) is 6.07 Å². The van der Waals surface area contributed by atoms with Gasteiger partial charge in [-0.25, -0.2) is 18.5 Å². The number of nitrogens with two attached hydrogens (primary N) is 1. The Labute approximate surface area is 129 Å². The first-order valence-electron chi connectivity index (χ1n) is 6.71. The molecule has 0 atom stereocenters. The van der Waals surface area contributed by atoms with Crippen molar-refractivity contribution in [3.05, 3.63) is 17.3 Å². The zero-order valence-corrected chi connectivity index (χ0v) is 13.3. The summed E-state index contributed by atoms with van der Waals surface area (Å²) in [6, 6.07) is 1.23. The van der Waals surface area contributed by atoms with Crippen molar-refractivity contribution in [3.8, 4) is 5.88 Å². The van der Waals surface area contributed by atoms with E-state index in [0.717, 1.165) is 31.9 Å². The molecule has 0 spiro atoms. The summed E-state index contributed by atoms with van der Waals surface area (Å²) < 4.78 is 27.9. The number of sulfonamides is 1. The van der Waals surface area contributed by atoms with E-state index in [9.17, 15) is 13.5 Å². The summed E-state index contributed by atoms with van der Waals surface area (Å²) in [5.41, 5.74) is -0.580. The lowest BCUT2D eigenvalue weighted by Gasteiger charge is -2.32. The van der Waals surface area contributed by atoms with Crippen LogP contribution < -0.4 is 9.88 Å². The average molecular weight is 335 g/mol. The number of ether oxygens (including phenoxy) is 1. The number of nitrogens with zero attached hydrogens (tertiary/aromatic N) is 1. The molecule has 0 unspecified atom stereocenters. The van der Waals surface area contributed by atoms with Crippen molar-refractivity contribution in [2.75, 3.05) is 6.61 Å². The lowest BCUT2D eigenvalue weighted by molar-refractivity contribution is 0.00128. The molecule has 0 amide bonds. The normalized spacial score (nSPS) is 26.6. The molecular weight excluding hydrogens is 316 g/mol. The van der Waals surface area contributed by atoms with Crippen LogP contribution in [0.4, 0.5) is 0 Å². The number of aromatic nitrogens is 1. The van der Waals surface area contributed by atoms with Crippen molar-refractivity contribution in [3.63, 3.8) is 0 Å². The Hall–Kier alpha value is -0.890. The lowest BCUT2D eigenvalue weighted by Crippen LogP contribution is -2.32. The third-order valence-electron chi connectivity index (χ3n) is 3.75. The molecule has 1 aromatic rings. The highest BCUT2D eigenvalue weighted by Crippen LogP contribution is 2.32. The Bertz CT molecular complexity index is 609. The van der Waals surface area contributed by atoms with Crippen molar-refractivity contribution >= 4 is 21.6 Å². The summed E-state index contributed by atoms with van der Waals surface area (Å²) in [6.07, 6.45) is 4.36. The van der Waals surface area contributed by atoms with Crippen LogP contribution in [0.1, 0.15) is 32.6 Å². The van der Waals surface area contributed by atoms with E-state index in [4.69, 9.17) is 21.5 Å². The van der Waals surface area contributed by atoms with Gasteiger partial charge in [-0.1, -0.05) is 11.6 Å². The van der Waals surface area contributed by atoms with Crippen molar-refractivity contribution in [1.82, 2.24) is 4.98 Å². The van der Waals surface area contributed by atoms with Crippen molar-refractivity contribution in [2.24, 2.45) is 11.1 Å². The average Bonchev–Trinajstić information content (AvgIpc) is 2.37. The van der Waals surface area contributed by atoms with E-state index in [1.807, 2.05) is 6.92 Å². The second kappa shape index (κ2) is 6.08. The van der Waals surface area contributed by atoms with Gasteiger partial charge in [0.05, 0.1) is 18.4 Å². The highest BCUT2D eigenvalue weighted by atomic mass is 35.5. The molecule has 1 saturated carbocycles. The molecule has 0 bridgehead atoms. The fraction of sp³-hybridized carbons (Fsp3) is 0.615. The van der Waals surface area contributed by atoms with E-state index in [1.54, 1.807) is 0 Å². The quantitative estimate of drug-likeness (QED) is 0.872. The molecule has 1 fully saturated rings. The van der Waals surface area contributed by atoms with Gasteiger partial charge in [-0.3, -0.25) is 0 Å². The monoisotopic (exact) mass is 334 g/mol. The number of pyridine rings is 1. The zero-order valence-electron chi connectivity index (χ0n) is 11.8. The summed E-state index contributed by atoms with van der Waals surface area (Å²) in [7, 11) is -3.82. The van der Waals surface area contributed by atoms with Crippen molar-refractivity contribution in [1.29, 1.82) is 0 Å². The van der Waals surface area contributed by atoms with Gasteiger partial charge in [-0.15, -0.1) is 0 Å². The van der Waals surface area contributed by atoms with Gasteiger partial charge < -0.3 is 9.84 Å². The predicted molar refractivity (Wildman–Crippen MR) is 78.7 cm³/mol. The minimum absolute atomic E-state index is 0.115. The molecule has 1 aliphatic rings. The Balaban J connectivity index is 1.95. The molecule has 2 rings (SSSR count). The van der Waals surface area contributed by atoms with E-state index < -0.39 is 15.6 Å². The van der Waals surface area contributed by atoms with Gasteiger partial charge in [0.15, 0.2) is 0 Å². The molecule has 1 heterocycles. The minimum Gasteiger partial charge on any atom is -0.476 e. The van der Waals surface area contributed by atoms with Crippen molar-refractivity contribution < 1.29 is 18.3 Å². The molecule has 0 aromatic carbocycles. The Morgan fingerprint density at radius 2 is 2.14 bits per heavy atom. The maximum absolute atomic E-state index is 11.2. The van der Waals surface area contributed by atoms with Gasteiger partial charge in [0.1, 0.15) is 9.92 Å². The van der Waals surface area contributed by atoms with E-state index in [0.29, 0.717) is 12.5 Å². The van der Waals surface area contributed by atoms with Crippen LogP contribution in [0.2, 0.25) is 5.02 Å². The van der Waals surface area contributed by atoms with E-state index in [2.05, 4.69) is 4.98 Å². The molecule has 3 N–H and O–H groups in total. The number of halogens is 1. The van der Waals surface area contributed by atoms with Gasteiger partial charge in [0.2, 0.25) is 15.9 Å². The smallest absolute Gasteiger partial charge is 0.239 e. The number of aliphatic hydroxyl groups is 1. The molecule has 1 aromatic heterocycles. The lowest BCUT2D eigenvalue weighted by atomic mass is 9.80. The molecule has 118 valence electrons. The highest BCUT2D eigenvalue weighted by Gasteiger charge is 2.29. The predicted octanol–water partition coefficient (Wildman–Crippen LogP) is 1.70. The van der Waals surface area contributed by atoms with Crippen LogP contribution in [0.25, 0.3) is 0 Å². The summed E-state index contributed by atoms with van der Waals surface area (Å²) in [5.74, 6) is 0.530. The second-order valence-electron chi connectivity index (χ2n) is 5.75. The van der Waals surface area contributed by atoms with Gasteiger partial charge in [-0.05, 0) is 44.6 Å². The topological polar surface area (TPSA) is 103 Å². The van der Waals surface area contributed by atoms with Gasteiger partial charge in [-0.2, -0.15) is 0 Å². The molecule has 0 radical (unpaired) electrons. The number of primary sulfonamides is 1. The SMILES string of the molecule is CC1(O)CCC(COc2ncc(S(N)(=O)=O)cc2Cl)CC1. The van der Waals surface area contributed by atoms with Crippen LogP contribution in [0, 0.1) is 5.92 Å². The molecule has 8 heteroatoms. The van der Waals surface area contributed by atoms with Crippen LogP contribution >= 0.6 is 11.6 Å². The standard InChI is InChI=1S/C13H19ClN2O4S/c1-13(17)4-2-9(3-5-13)8-20-12-11(14)6-10(7-16-12)21(15,18)19/h6-7,9,17H,2-5,8H2,1H3,(H2,15,18,19). The summed E-state index contributed by atoms with van der Waals surface area (Å²) in [5, 5.41) is 15.0. The summed E-state index contributed by atoms with van der Waals surface area (Å²) in [6.45, 7) is 2.28. The fourth-order valence-electron chi connectivity index (χ4n) is 2.33. The Morgan fingerprint density at radius 1 is 1.52 bits per heavy atom. The Kier molecular flexibility index (Phi) is 4.77. The molecule has 0 saturated heterocycles. The summed E-state index contributed by atoms with van der Waals surface area (Å²) >= 11 is 5.95. The van der Waals surface area contributed by atoms with E-state index in [-0.39, 0.29) is 15.8 Å². The number of rotatable bonds is 4. The minimum atomic E-state index is -3.82. The van der Waals surface area contributed by atoms with Crippen LogP contribution in [0.3, 0.4) is 0 Å². The molecule has 21 heavy (non-hydrogen) atoms. The van der Waals surface area contributed by atoms with Gasteiger partial charge in [0, 0.05) is 0 Å². The highest BCUT2D eigenvalue weighted by molar-refractivity contribution is 7.89.